The predicted molar refractivity (Wildman–Crippen MR) is 448 cm³/mol. The van der Waals surface area contributed by atoms with Crippen molar-refractivity contribution >= 4 is 5.97 Å². The smallest absolute Gasteiger partial charge is 0.357 e. The van der Waals surface area contributed by atoms with Gasteiger partial charge in [-0.3, -0.25) is 24.5 Å². The van der Waals surface area contributed by atoms with Crippen molar-refractivity contribution in [2.45, 2.75) is 333 Å². The quantitative estimate of drug-likeness (QED) is 0.175. The van der Waals surface area contributed by atoms with Crippen LogP contribution < -0.4 is 16.0 Å². The van der Waals surface area contributed by atoms with E-state index in [2.05, 4.69) is 205 Å². The molecule has 105 heavy (non-hydrogen) atoms. The van der Waals surface area contributed by atoms with Gasteiger partial charge in [-0.15, -0.1) is 5.06 Å². The van der Waals surface area contributed by atoms with Crippen LogP contribution in [0.25, 0.3) is 0 Å². The second-order valence-electron chi connectivity index (χ2n) is 39.8. The van der Waals surface area contributed by atoms with Gasteiger partial charge in [0.2, 0.25) is 0 Å². The fourth-order valence-electron chi connectivity index (χ4n) is 21.1. The predicted octanol–water partition coefficient (Wildman–Crippen LogP) is 15.3. The van der Waals surface area contributed by atoms with Gasteiger partial charge in [-0.2, -0.15) is 0 Å². The molecule has 0 aromatic heterocycles. The standard InChI is InChI=1S/C14H20N2O2.3C10H20N2.3C10H19N.C9H19N.C7H15N/c1-12(2)15-8-10-16(11-9-15)18-14(17)13-6-4-3-5-7-13;1-9(2)12-6-4-10(8-12)3-5-11-7-10;1-9(2)12-7-3-4-10(12)5-6-11-8-10;1-9(2)12-7-5-10(8-12)4-3-6-11-10;1-8(2)11-6-10(7-11)4-9(3)5-10;1-8(2)11-6-9-4-3-5-10(9)7-11;1-9(2)11-7-10(8-11)5-3-4-6-10;1-4-5-9-6-10(7-9)8(2)3;1-6(2)8-4-7(3)5-8/h3-7,12H,8-11H2,1-2H3;3*9,11H,3-8H2,1-2H3;8-9H,4-7H2,1-3H3;8-10H,3-7H2,1-2H3;9H,3-8H2,1-2H3;8-9H,4-7H2,1-3H3;6-7H,4-5H2,1-3H3. The Balaban J connectivity index is 0.000000150. The first-order chi connectivity index (χ1) is 49.9. The molecule has 5 unspecified atom stereocenters. The summed E-state index contributed by atoms with van der Waals surface area (Å²) in [5, 5.41) is 12.4. The number of hydrogen-bond acceptors (Lipinski definition) is 15. The van der Waals surface area contributed by atoms with E-state index in [4.69, 9.17) is 4.84 Å². The zero-order valence-corrected chi connectivity index (χ0v) is 72.7. The summed E-state index contributed by atoms with van der Waals surface area (Å²) >= 11 is 0. The van der Waals surface area contributed by atoms with Crippen LogP contribution >= 0.6 is 0 Å². The molecule has 1 aromatic rings. The molecule has 12 aliphatic heterocycles. The van der Waals surface area contributed by atoms with Crippen molar-refractivity contribution in [1.82, 2.24) is 65.1 Å². The Hall–Kier alpha value is -1.83. The van der Waals surface area contributed by atoms with Crippen molar-refractivity contribution in [1.29, 1.82) is 0 Å². The first-order valence-electron chi connectivity index (χ1n) is 44.8. The topological polar surface area (TPSA) is 94.8 Å². The second kappa shape index (κ2) is 41.8. The Kier molecular flexibility index (Phi) is 35.3. The zero-order valence-electron chi connectivity index (χ0n) is 72.7. The van der Waals surface area contributed by atoms with E-state index in [0.29, 0.717) is 28.1 Å². The molecule has 15 aliphatic rings. The summed E-state index contributed by atoms with van der Waals surface area (Å²) < 4.78 is 0. The van der Waals surface area contributed by atoms with Gasteiger partial charge in [0.1, 0.15) is 0 Å². The molecule has 15 heteroatoms. The number of piperazine rings is 1. The number of benzene rings is 1. The van der Waals surface area contributed by atoms with Gasteiger partial charge in [0, 0.05) is 190 Å². The Morgan fingerprint density at radius 3 is 1.38 bits per heavy atom. The molecule has 1 aromatic carbocycles. The molecule has 3 aliphatic carbocycles. The van der Waals surface area contributed by atoms with Gasteiger partial charge >= 0.3 is 5.97 Å². The minimum Gasteiger partial charge on any atom is -0.364 e. The maximum absolute atomic E-state index is 11.9. The lowest BCUT2D eigenvalue weighted by atomic mass is 9.58. The summed E-state index contributed by atoms with van der Waals surface area (Å²) in [6.45, 7) is 78.0. The van der Waals surface area contributed by atoms with E-state index in [-0.39, 0.29) is 5.97 Å². The number of nitrogens with zero attached hydrogens (tertiary/aromatic N) is 10. The molecular formula is C90H171N13O2. The van der Waals surface area contributed by atoms with Crippen LogP contribution in [0.2, 0.25) is 0 Å². The third kappa shape index (κ3) is 26.1. The highest BCUT2D eigenvalue weighted by Crippen LogP contribution is 2.52. The number of likely N-dealkylation sites (tertiary alicyclic amines) is 8. The van der Waals surface area contributed by atoms with Crippen LogP contribution in [0.4, 0.5) is 0 Å². The van der Waals surface area contributed by atoms with E-state index < -0.39 is 0 Å². The average molecular weight is 1470 g/mol. The van der Waals surface area contributed by atoms with Gasteiger partial charge in [0.15, 0.2) is 0 Å². The molecule has 12 saturated heterocycles. The molecule has 0 bridgehead atoms. The third-order valence-corrected chi connectivity index (χ3v) is 28.3. The average Bonchev–Trinajstić information content (AvgIpc) is 1.22. The summed E-state index contributed by atoms with van der Waals surface area (Å²) in [5.74, 6) is 4.86. The van der Waals surface area contributed by atoms with Crippen molar-refractivity contribution < 1.29 is 9.63 Å². The van der Waals surface area contributed by atoms with Crippen LogP contribution in [0.1, 0.15) is 278 Å². The fourth-order valence-corrected chi connectivity index (χ4v) is 21.1. The van der Waals surface area contributed by atoms with Gasteiger partial charge in [0.25, 0.3) is 0 Å². The largest absolute Gasteiger partial charge is 0.364 e. The Morgan fingerprint density at radius 2 is 0.933 bits per heavy atom. The maximum Gasteiger partial charge on any atom is 0.357 e. The van der Waals surface area contributed by atoms with E-state index in [1.807, 2.05) is 18.2 Å². The molecular weight excluding hydrogens is 1300 g/mol. The molecule has 3 N–H and O–H groups in total. The molecule has 5 spiro atoms. The molecule has 0 radical (unpaired) electrons. The summed E-state index contributed by atoms with van der Waals surface area (Å²) in [6, 6.07) is 15.7. The minimum absolute atomic E-state index is 0.270. The first kappa shape index (κ1) is 88.7. The fraction of sp³-hybridized carbons (Fsp3) is 0.922. The number of hydroxylamine groups is 2. The summed E-state index contributed by atoms with van der Waals surface area (Å²) in [4.78, 5) is 40.4. The highest BCUT2D eigenvalue weighted by Gasteiger charge is 2.51. The van der Waals surface area contributed by atoms with Crippen LogP contribution in [0, 0.1) is 45.8 Å². The molecule has 5 atom stereocenters. The van der Waals surface area contributed by atoms with Crippen LogP contribution in [-0.4, -0.2) is 278 Å². The van der Waals surface area contributed by atoms with E-state index >= 15 is 0 Å². The highest BCUT2D eigenvalue weighted by atomic mass is 16.7. The number of rotatable bonds is 13. The SMILES string of the molecule is CC(C)N1CC2(CCCC2)C1.CC(C)N1CC2CCCC2C1.CC(C)N1CCC2(CCCN2)C1.CC(C)N1CCC2(CCNC2)C1.CC(C)N1CCCC12CCNC2.CC(C)N1CCN(OC(=O)c2ccccc2)CC1.CC1CC2(C1)CN(C(C)C)C2.CC1CN(C(C)C)C1.CCCC1CN(C(C)C)C1. The lowest BCUT2D eigenvalue weighted by molar-refractivity contribution is -0.132. The van der Waals surface area contributed by atoms with E-state index in [0.717, 1.165) is 115 Å². The number of fused-ring (bicyclic) bond motifs is 1. The first-order valence-corrected chi connectivity index (χ1v) is 44.8. The summed E-state index contributed by atoms with van der Waals surface area (Å²) in [6.07, 6.45) is 27.4. The molecule has 15 nitrogen and oxygen atoms in total. The summed E-state index contributed by atoms with van der Waals surface area (Å²) in [7, 11) is 0. The Labute approximate surface area is 649 Å². The zero-order chi connectivity index (χ0) is 76.3. The van der Waals surface area contributed by atoms with Crippen molar-refractivity contribution in [3.8, 4) is 0 Å². The molecule has 3 saturated carbocycles. The molecule has 0 amide bonds. The van der Waals surface area contributed by atoms with Crippen LogP contribution in [0.5, 0.6) is 0 Å². The number of hydrogen-bond donors (Lipinski definition) is 3. The Bertz CT molecular complexity index is 2470. The summed E-state index contributed by atoms with van der Waals surface area (Å²) in [5.41, 5.74) is 3.92. The van der Waals surface area contributed by atoms with Gasteiger partial charge < -0.3 is 40.4 Å². The van der Waals surface area contributed by atoms with E-state index in [1.165, 1.54) is 253 Å². The van der Waals surface area contributed by atoms with Gasteiger partial charge in [-0.25, -0.2) is 4.79 Å². The molecule has 16 rings (SSSR count). The number of nitrogens with one attached hydrogen (secondary N) is 3. The maximum atomic E-state index is 11.9. The normalized spacial score (nSPS) is 30.1. The lowest BCUT2D eigenvalue weighted by Gasteiger charge is -2.60. The lowest BCUT2D eigenvalue weighted by Crippen LogP contribution is -2.63. The van der Waals surface area contributed by atoms with Crippen molar-refractivity contribution in [2.24, 2.45) is 45.8 Å². The molecule has 15 fully saturated rings. The molecule has 12 heterocycles. The van der Waals surface area contributed by atoms with Crippen molar-refractivity contribution in [3.63, 3.8) is 0 Å². The van der Waals surface area contributed by atoms with Gasteiger partial charge in [0.05, 0.1) is 5.56 Å². The van der Waals surface area contributed by atoms with E-state index in [9.17, 15) is 4.79 Å². The monoisotopic (exact) mass is 1470 g/mol. The van der Waals surface area contributed by atoms with Crippen LogP contribution in [0.3, 0.4) is 0 Å². The van der Waals surface area contributed by atoms with Gasteiger partial charge in [-0.05, 0) is 312 Å². The second-order valence-corrected chi connectivity index (χ2v) is 39.8. The minimum atomic E-state index is -0.270. The number of carbonyl (C=O) groups is 1. The number of carbonyl (C=O) groups excluding carboxylic acids is 1. The third-order valence-electron chi connectivity index (χ3n) is 28.3. The van der Waals surface area contributed by atoms with Crippen molar-refractivity contribution in [2.75, 3.05) is 157 Å². The Morgan fingerprint density at radius 1 is 0.429 bits per heavy atom. The highest BCUT2D eigenvalue weighted by molar-refractivity contribution is 5.89. The molecule has 608 valence electrons. The van der Waals surface area contributed by atoms with Crippen LogP contribution in [0.15, 0.2) is 30.3 Å². The van der Waals surface area contributed by atoms with E-state index in [1.54, 1.807) is 17.2 Å². The van der Waals surface area contributed by atoms with Crippen LogP contribution in [-0.2, 0) is 4.84 Å². The van der Waals surface area contributed by atoms with Gasteiger partial charge in [-0.1, -0.05) is 64.7 Å². The van der Waals surface area contributed by atoms with Crippen molar-refractivity contribution in [3.05, 3.63) is 35.9 Å².